The number of aliphatic carboxylic acids is 1. The Morgan fingerprint density at radius 2 is 1.94 bits per heavy atom. The molecule has 0 aliphatic heterocycles. The molecule has 0 aromatic heterocycles. The van der Waals surface area contributed by atoms with Crippen molar-refractivity contribution in [1.82, 2.24) is 5.32 Å². The van der Waals surface area contributed by atoms with Crippen molar-refractivity contribution in [1.29, 1.82) is 0 Å². The van der Waals surface area contributed by atoms with E-state index in [4.69, 9.17) is 10.8 Å². The molecule has 18 heavy (non-hydrogen) atoms. The third-order valence-corrected chi connectivity index (χ3v) is 4.10. The van der Waals surface area contributed by atoms with Gasteiger partial charge < -0.3 is 16.2 Å². The van der Waals surface area contributed by atoms with Crippen molar-refractivity contribution in [2.45, 2.75) is 62.9 Å². The highest BCUT2D eigenvalue weighted by atomic mass is 16.4. The van der Waals surface area contributed by atoms with Gasteiger partial charge in [0.15, 0.2) is 0 Å². The van der Waals surface area contributed by atoms with E-state index in [-0.39, 0.29) is 18.4 Å². The maximum atomic E-state index is 11.9. The fourth-order valence-corrected chi connectivity index (χ4v) is 2.94. The Labute approximate surface area is 107 Å². The number of nitrogens with one attached hydrogen (secondary N) is 1. The Balaban J connectivity index is 1.87. The molecule has 0 aromatic carbocycles. The molecule has 1 atom stereocenters. The first kappa shape index (κ1) is 13.3. The highest BCUT2D eigenvalue weighted by molar-refractivity contribution is 5.79. The Kier molecular flexibility index (Phi) is 3.90. The fourth-order valence-electron chi connectivity index (χ4n) is 2.94. The van der Waals surface area contributed by atoms with Crippen molar-refractivity contribution in [3.63, 3.8) is 0 Å². The molecular weight excluding hydrogens is 232 g/mol. The Hall–Kier alpha value is -1.10. The van der Waals surface area contributed by atoms with Gasteiger partial charge in [-0.05, 0) is 31.6 Å². The van der Waals surface area contributed by atoms with E-state index >= 15 is 0 Å². The predicted molar refractivity (Wildman–Crippen MR) is 66.9 cm³/mol. The van der Waals surface area contributed by atoms with E-state index in [1.807, 2.05) is 0 Å². The molecule has 2 saturated carbocycles. The Bertz CT molecular complexity index is 333. The van der Waals surface area contributed by atoms with Crippen molar-refractivity contribution in [3.05, 3.63) is 0 Å². The van der Waals surface area contributed by atoms with Crippen LogP contribution in [-0.2, 0) is 9.59 Å². The molecule has 5 nitrogen and oxygen atoms in total. The molecule has 0 heterocycles. The van der Waals surface area contributed by atoms with Crippen molar-refractivity contribution in [3.8, 4) is 0 Å². The normalized spacial score (nSPS) is 23.6. The minimum atomic E-state index is -0.844. The van der Waals surface area contributed by atoms with Crippen LogP contribution in [0.5, 0.6) is 0 Å². The van der Waals surface area contributed by atoms with Gasteiger partial charge in [-0.25, -0.2) is 0 Å². The summed E-state index contributed by atoms with van der Waals surface area (Å²) in [6.45, 7) is 0. The lowest BCUT2D eigenvalue weighted by atomic mass is 9.92. The quantitative estimate of drug-likeness (QED) is 0.659. The average molecular weight is 254 g/mol. The number of hydrogen-bond donors (Lipinski definition) is 3. The first-order valence-electron chi connectivity index (χ1n) is 6.79. The molecule has 1 amide bonds. The van der Waals surface area contributed by atoms with Gasteiger partial charge in [0, 0.05) is 12.5 Å². The molecule has 5 heteroatoms. The largest absolute Gasteiger partial charge is 0.481 e. The minimum Gasteiger partial charge on any atom is -0.481 e. The molecule has 2 aliphatic carbocycles. The molecule has 1 unspecified atom stereocenters. The van der Waals surface area contributed by atoms with Crippen LogP contribution in [0, 0.1) is 5.92 Å². The minimum absolute atomic E-state index is 0.0252. The maximum Gasteiger partial charge on any atom is 0.305 e. The maximum absolute atomic E-state index is 11.9. The van der Waals surface area contributed by atoms with Gasteiger partial charge in [-0.2, -0.15) is 0 Å². The summed E-state index contributed by atoms with van der Waals surface area (Å²) < 4.78 is 0. The van der Waals surface area contributed by atoms with Gasteiger partial charge in [0.1, 0.15) is 0 Å². The van der Waals surface area contributed by atoms with Gasteiger partial charge in [0.2, 0.25) is 5.91 Å². The van der Waals surface area contributed by atoms with Gasteiger partial charge in [-0.1, -0.05) is 12.8 Å². The lowest BCUT2D eigenvalue weighted by molar-refractivity contribution is -0.139. The van der Waals surface area contributed by atoms with Crippen LogP contribution in [0.1, 0.15) is 51.4 Å². The van der Waals surface area contributed by atoms with Gasteiger partial charge in [0.05, 0.1) is 12.0 Å². The standard InChI is InChI=1S/C13H22N2O3/c14-10(9-3-4-9)7-11(16)15-13(8-12(17)18)5-1-2-6-13/h9-10H,1-8,14H2,(H,15,16)(H,17,18). The predicted octanol–water partition coefficient (Wildman–Crippen LogP) is 1.02. The number of hydrogen-bond acceptors (Lipinski definition) is 3. The van der Waals surface area contributed by atoms with E-state index in [0.29, 0.717) is 12.3 Å². The van der Waals surface area contributed by atoms with Crippen LogP contribution in [0.4, 0.5) is 0 Å². The summed E-state index contributed by atoms with van der Waals surface area (Å²) in [4.78, 5) is 22.9. The molecule has 0 bridgehead atoms. The van der Waals surface area contributed by atoms with Crippen LogP contribution in [0.25, 0.3) is 0 Å². The molecule has 0 spiro atoms. The average Bonchev–Trinajstić information content (AvgIpc) is 3.01. The third kappa shape index (κ3) is 3.45. The van der Waals surface area contributed by atoms with E-state index in [2.05, 4.69) is 5.32 Å². The number of nitrogens with two attached hydrogens (primary N) is 1. The summed E-state index contributed by atoms with van der Waals surface area (Å²) in [5.41, 5.74) is 5.40. The summed E-state index contributed by atoms with van der Waals surface area (Å²) in [7, 11) is 0. The van der Waals surface area contributed by atoms with E-state index in [1.54, 1.807) is 0 Å². The third-order valence-electron chi connectivity index (χ3n) is 4.10. The highest BCUT2D eigenvalue weighted by Crippen LogP contribution is 2.34. The van der Waals surface area contributed by atoms with Crippen LogP contribution in [0.2, 0.25) is 0 Å². The van der Waals surface area contributed by atoms with Gasteiger partial charge >= 0.3 is 5.97 Å². The second-order valence-corrected chi connectivity index (χ2v) is 5.81. The highest BCUT2D eigenvalue weighted by Gasteiger charge is 2.38. The molecule has 102 valence electrons. The van der Waals surface area contributed by atoms with Gasteiger partial charge in [-0.3, -0.25) is 9.59 Å². The topological polar surface area (TPSA) is 92.4 Å². The van der Waals surface area contributed by atoms with Crippen LogP contribution < -0.4 is 11.1 Å². The molecular formula is C13H22N2O3. The summed E-state index contributed by atoms with van der Waals surface area (Å²) >= 11 is 0. The first-order chi connectivity index (χ1) is 8.51. The molecule has 2 aliphatic rings. The monoisotopic (exact) mass is 254 g/mol. The van der Waals surface area contributed by atoms with E-state index < -0.39 is 11.5 Å². The Morgan fingerprint density at radius 3 is 2.44 bits per heavy atom. The van der Waals surface area contributed by atoms with Crippen LogP contribution in [0.15, 0.2) is 0 Å². The summed E-state index contributed by atoms with van der Waals surface area (Å²) in [6.07, 6.45) is 6.10. The molecule has 4 N–H and O–H groups in total. The number of carbonyl (C=O) groups excluding carboxylic acids is 1. The van der Waals surface area contributed by atoms with E-state index in [0.717, 1.165) is 38.5 Å². The van der Waals surface area contributed by atoms with Crippen molar-refractivity contribution >= 4 is 11.9 Å². The Morgan fingerprint density at radius 1 is 1.33 bits per heavy atom. The van der Waals surface area contributed by atoms with Crippen LogP contribution in [-0.4, -0.2) is 28.6 Å². The fraction of sp³-hybridized carbons (Fsp3) is 0.846. The second kappa shape index (κ2) is 5.26. The summed E-state index contributed by atoms with van der Waals surface area (Å²) in [5, 5.41) is 11.9. The van der Waals surface area contributed by atoms with E-state index in [1.165, 1.54) is 0 Å². The summed E-state index contributed by atoms with van der Waals surface area (Å²) in [6, 6.07) is -0.0618. The van der Waals surface area contributed by atoms with Crippen LogP contribution in [0.3, 0.4) is 0 Å². The smallest absolute Gasteiger partial charge is 0.305 e. The number of carbonyl (C=O) groups is 2. The SMILES string of the molecule is NC(CC(=O)NC1(CC(=O)O)CCCC1)C1CC1. The zero-order valence-electron chi connectivity index (χ0n) is 10.7. The van der Waals surface area contributed by atoms with Gasteiger partial charge in [-0.15, -0.1) is 0 Å². The number of amides is 1. The lowest BCUT2D eigenvalue weighted by Gasteiger charge is -2.29. The zero-order valence-corrected chi connectivity index (χ0v) is 10.7. The first-order valence-corrected chi connectivity index (χ1v) is 6.79. The van der Waals surface area contributed by atoms with Crippen molar-refractivity contribution in [2.75, 3.05) is 0 Å². The van der Waals surface area contributed by atoms with Crippen LogP contribution >= 0.6 is 0 Å². The lowest BCUT2D eigenvalue weighted by Crippen LogP contribution is -2.49. The van der Waals surface area contributed by atoms with Crippen molar-refractivity contribution < 1.29 is 14.7 Å². The molecule has 0 aromatic rings. The molecule has 2 fully saturated rings. The summed E-state index contributed by atoms with van der Waals surface area (Å²) in [5.74, 6) is -0.434. The number of carboxylic acid groups (broad SMARTS) is 1. The second-order valence-electron chi connectivity index (χ2n) is 5.81. The van der Waals surface area contributed by atoms with E-state index in [9.17, 15) is 9.59 Å². The van der Waals surface area contributed by atoms with Gasteiger partial charge in [0.25, 0.3) is 0 Å². The molecule has 0 saturated heterocycles. The zero-order chi connectivity index (χ0) is 13.2. The number of rotatable bonds is 6. The molecule has 2 rings (SSSR count). The number of carboxylic acids is 1. The van der Waals surface area contributed by atoms with Crippen molar-refractivity contribution in [2.24, 2.45) is 11.7 Å². The molecule has 0 radical (unpaired) electrons.